The molecule has 0 aliphatic rings. The molecule has 3 nitrogen and oxygen atoms in total. The monoisotopic (exact) mass is 297 g/mol. The van der Waals surface area contributed by atoms with Crippen molar-refractivity contribution in [2.45, 2.75) is 46.4 Å². The van der Waals surface area contributed by atoms with Gasteiger partial charge in [-0.3, -0.25) is 0 Å². The van der Waals surface area contributed by atoms with E-state index >= 15 is 0 Å². The lowest BCUT2D eigenvalue weighted by atomic mass is 9.88. The molecule has 114 valence electrons. The fourth-order valence-electron chi connectivity index (χ4n) is 2.23. The number of aryl methyl sites for hydroxylation is 1. The van der Waals surface area contributed by atoms with E-state index in [0.717, 1.165) is 17.7 Å². The summed E-state index contributed by atoms with van der Waals surface area (Å²) >= 11 is 0. The number of nitrogens with one attached hydrogen (secondary N) is 1. The maximum absolute atomic E-state index is 12.4. The van der Waals surface area contributed by atoms with Crippen LogP contribution in [-0.4, -0.2) is 26.8 Å². The van der Waals surface area contributed by atoms with Crippen LogP contribution in [0.15, 0.2) is 24.3 Å². The summed E-state index contributed by atoms with van der Waals surface area (Å²) in [5.41, 5.74) is 1.89. The fraction of sp³-hybridized carbons (Fsp3) is 0.625. The first-order chi connectivity index (χ1) is 9.14. The molecule has 0 aliphatic carbocycles. The second-order valence-electron chi connectivity index (χ2n) is 6.52. The molecule has 1 N–H and O–H groups in total. The first-order valence-corrected chi connectivity index (χ1v) is 8.95. The van der Waals surface area contributed by atoms with E-state index in [1.807, 2.05) is 38.1 Å². The minimum absolute atomic E-state index is 0.0256. The summed E-state index contributed by atoms with van der Waals surface area (Å²) in [6.45, 7) is 11.0. The third-order valence-corrected chi connectivity index (χ3v) is 5.00. The maximum Gasteiger partial charge on any atom is 0.155 e. The molecule has 0 amide bonds. The maximum atomic E-state index is 12.4. The van der Waals surface area contributed by atoms with Crippen molar-refractivity contribution in [3.63, 3.8) is 0 Å². The van der Waals surface area contributed by atoms with Gasteiger partial charge in [0.1, 0.15) is 0 Å². The Morgan fingerprint density at radius 2 is 1.90 bits per heavy atom. The van der Waals surface area contributed by atoms with Gasteiger partial charge in [0.2, 0.25) is 0 Å². The quantitative estimate of drug-likeness (QED) is 0.878. The molecule has 1 aromatic rings. The predicted octanol–water partition coefficient (Wildman–Crippen LogP) is 2.93. The number of hydrogen-bond donors (Lipinski definition) is 1. The molecule has 0 saturated heterocycles. The predicted molar refractivity (Wildman–Crippen MR) is 85.6 cm³/mol. The van der Waals surface area contributed by atoms with Gasteiger partial charge in [-0.15, -0.1) is 0 Å². The summed E-state index contributed by atoms with van der Waals surface area (Å²) in [6.07, 6.45) is 0. The average molecular weight is 297 g/mol. The third-order valence-electron chi connectivity index (χ3n) is 3.39. The molecule has 20 heavy (non-hydrogen) atoms. The molecular weight excluding hydrogens is 270 g/mol. The average Bonchev–Trinajstić information content (AvgIpc) is 2.26. The highest BCUT2D eigenvalue weighted by Crippen LogP contribution is 2.22. The summed E-state index contributed by atoms with van der Waals surface area (Å²) in [5.74, 6) is 0.297. The van der Waals surface area contributed by atoms with E-state index in [1.165, 1.54) is 0 Å². The molecule has 1 aromatic carbocycles. The topological polar surface area (TPSA) is 46.2 Å². The Kier molecular flexibility index (Phi) is 5.78. The summed E-state index contributed by atoms with van der Waals surface area (Å²) < 4.78 is 24.8. The Morgan fingerprint density at radius 3 is 2.40 bits per heavy atom. The van der Waals surface area contributed by atoms with Crippen LogP contribution in [0.3, 0.4) is 0 Å². The Balaban J connectivity index is 2.83. The lowest BCUT2D eigenvalue weighted by molar-refractivity contribution is 0.292. The molecule has 0 saturated carbocycles. The molecule has 0 bridgehead atoms. The van der Waals surface area contributed by atoms with Gasteiger partial charge in [-0.25, -0.2) is 8.42 Å². The van der Waals surface area contributed by atoms with Crippen LogP contribution >= 0.6 is 0 Å². The molecule has 0 fully saturated rings. The van der Waals surface area contributed by atoms with Gasteiger partial charge in [-0.05, 0) is 24.4 Å². The zero-order valence-electron chi connectivity index (χ0n) is 13.2. The van der Waals surface area contributed by atoms with Crippen LogP contribution in [0.4, 0.5) is 0 Å². The van der Waals surface area contributed by atoms with Crippen molar-refractivity contribution in [1.29, 1.82) is 0 Å². The first kappa shape index (κ1) is 17.2. The van der Waals surface area contributed by atoms with Gasteiger partial charge < -0.3 is 5.32 Å². The fourth-order valence-corrected chi connectivity index (χ4v) is 4.16. The molecule has 1 rings (SSSR count). The van der Waals surface area contributed by atoms with E-state index in [-0.39, 0.29) is 23.0 Å². The van der Waals surface area contributed by atoms with E-state index in [9.17, 15) is 8.42 Å². The van der Waals surface area contributed by atoms with E-state index in [0.29, 0.717) is 0 Å². The summed E-state index contributed by atoms with van der Waals surface area (Å²) in [5, 5.41) is 3.30. The molecule has 0 spiro atoms. The van der Waals surface area contributed by atoms with E-state index < -0.39 is 9.84 Å². The number of benzene rings is 1. The lowest BCUT2D eigenvalue weighted by Crippen LogP contribution is -2.45. The minimum Gasteiger partial charge on any atom is -0.313 e. The molecule has 0 radical (unpaired) electrons. The lowest BCUT2D eigenvalue weighted by Gasteiger charge is -2.31. The smallest absolute Gasteiger partial charge is 0.155 e. The number of sulfone groups is 1. The third kappa shape index (κ3) is 5.63. The van der Waals surface area contributed by atoms with Gasteiger partial charge in [0, 0.05) is 6.04 Å². The van der Waals surface area contributed by atoms with Crippen molar-refractivity contribution in [2.75, 3.05) is 12.3 Å². The van der Waals surface area contributed by atoms with Gasteiger partial charge in [0.05, 0.1) is 11.5 Å². The highest BCUT2D eigenvalue weighted by molar-refractivity contribution is 7.90. The van der Waals surface area contributed by atoms with Gasteiger partial charge in [-0.2, -0.15) is 0 Å². The van der Waals surface area contributed by atoms with Crippen LogP contribution in [0.2, 0.25) is 0 Å². The SMILES string of the molecule is CCNC(CS(=O)(=O)Cc1cccc(C)c1)C(C)(C)C. The van der Waals surface area contributed by atoms with Crippen molar-refractivity contribution in [3.8, 4) is 0 Å². The van der Waals surface area contributed by atoms with Crippen molar-refractivity contribution in [2.24, 2.45) is 5.41 Å². The summed E-state index contributed by atoms with van der Waals surface area (Å²) in [4.78, 5) is 0. The number of rotatable bonds is 6. The Hall–Kier alpha value is -0.870. The standard InChI is InChI=1S/C16H27NO2S/c1-6-17-15(16(3,4)5)12-20(18,19)11-14-9-7-8-13(2)10-14/h7-10,15,17H,6,11-12H2,1-5H3. The molecule has 0 aromatic heterocycles. The Morgan fingerprint density at radius 1 is 1.25 bits per heavy atom. The molecular formula is C16H27NO2S. The van der Waals surface area contributed by atoms with Crippen LogP contribution in [0, 0.1) is 12.3 Å². The molecule has 1 unspecified atom stereocenters. The van der Waals surface area contributed by atoms with Gasteiger partial charge >= 0.3 is 0 Å². The van der Waals surface area contributed by atoms with Crippen LogP contribution < -0.4 is 5.32 Å². The zero-order chi connectivity index (χ0) is 15.4. The van der Waals surface area contributed by atoms with Crippen LogP contribution in [0.1, 0.15) is 38.8 Å². The largest absolute Gasteiger partial charge is 0.313 e. The summed E-state index contributed by atoms with van der Waals surface area (Å²) in [7, 11) is -3.12. The van der Waals surface area contributed by atoms with Gasteiger partial charge in [0.25, 0.3) is 0 Å². The van der Waals surface area contributed by atoms with Crippen molar-refractivity contribution >= 4 is 9.84 Å². The van der Waals surface area contributed by atoms with Gasteiger partial charge in [0.15, 0.2) is 9.84 Å². The molecule has 0 aliphatic heterocycles. The van der Waals surface area contributed by atoms with Crippen LogP contribution in [-0.2, 0) is 15.6 Å². The van der Waals surface area contributed by atoms with Crippen molar-refractivity contribution in [1.82, 2.24) is 5.32 Å². The zero-order valence-corrected chi connectivity index (χ0v) is 14.0. The van der Waals surface area contributed by atoms with Gasteiger partial charge in [-0.1, -0.05) is 57.5 Å². The highest BCUT2D eigenvalue weighted by atomic mass is 32.2. The van der Waals surface area contributed by atoms with Crippen molar-refractivity contribution < 1.29 is 8.42 Å². The Bertz CT molecular complexity index is 530. The number of hydrogen-bond acceptors (Lipinski definition) is 3. The second kappa shape index (κ2) is 6.72. The highest BCUT2D eigenvalue weighted by Gasteiger charge is 2.28. The molecule has 0 heterocycles. The Labute approximate surface area is 123 Å². The molecule has 1 atom stereocenters. The molecule has 4 heteroatoms. The second-order valence-corrected chi connectivity index (χ2v) is 8.63. The minimum atomic E-state index is -3.12. The first-order valence-electron chi connectivity index (χ1n) is 7.13. The van der Waals surface area contributed by atoms with E-state index in [4.69, 9.17) is 0 Å². The van der Waals surface area contributed by atoms with Crippen molar-refractivity contribution in [3.05, 3.63) is 35.4 Å². The normalized spacial score (nSPS) is 14.2. The summed E-state index contributed by atoms with van der Waals surface area (Å²) in [6, 6.07) is 7.68. The van der Waals surface area contributed by atoms with Crippen LogP contribution in [0.25, 0.3) is 0 Å². The van der Waals surface area contributed by atoms with Crippen LogP contribution in [0.5, 0.6) is 0 Å². The van der Waals surface area contributed by atoms with E-state index in [1.54, 1.807) is 0 Å². The van der Waals surface area contributed by atoms with E-state index in [2.05, 4.69) is 26.1 Å².